The molecule has 4 heteroatoms. The van der Waals surface area contributed by atoms with Gasteiger partial charge in [-0.25, -0.2) is 0 Å². The number of nitrogens with zero attached hydrogens (tertiary/aromatic N) is 1. The van der Waals surface area contributed by atoms with Crippen molar-refractivity contribution in [3.8, 4) is 0 Å². The molecule has 0 radical (unpaired) electrons. The molecule has 1 heterocycles. The maximum atomic E-state index is 12.1. The van der Waals surface area contributed by atoms with E-state index in [2.05, 4.69) is 37.9 Å². The number of hydrogen-bond donors (Lipinski definition) is 2. The topological polar surface area (TPSA) is 58.4 Å². The standard InChI is InChI=1S/C15H31N3O/c1-5-6-13(4)17-15(19)10-18-9-11(2)7-12(3)14(18)8-16/h11-14H,5-10,16H2,1-4H3,(H,17,19). The fraction of sp³-hybridized carbons (Fsp3) is 0.933. The van der Waals surface area contributed by atoms with Crippen LogP contribution in [0.2, 0.25) is 0 Å². The van der Waals surface area contributed by atoms with Crippen LogP contribution in [0.1, 0.15) is 47.0 Å². The third kappa shape index (κ3) is 5.11. The van der Waals surface area contributed by atoms with Crippen LogP contribution < -0.4 is 11.1 Å². The van der Waals surface area contributed by atoms with E-state index in [0.29, 0.717) is 31.0 Å². The van der Waals surface area contributed by atoms with Crippen molar-refractivity contribution < 1.29 is 4.79 Å². The fourth-order valence-electron chi connectivity index (χ4n) is 3.34. The minimum atomic E-state index is 0.140. The fourth-order valence-corrected chi connectivity index (χ4v) is 3.34. The summed E-state index contributed by atoms with van der Waals surface area (Å²) in [5, 5.41) is 3.08. The van der Waals surface area contributed by atoms with Crippen LogP contribution in [0.5, 0.6) is 0 Å². The van der Waals surface area contributed by atoms with Crippen molar-refractivity contribution >= 4 is 5.91 Å². The predicted octanol–water partition coefficient (Wildman–Crippen LogP) is 1.60. The van der Waals surface area contributed by atoms with E-state index in [0.717, 1.165) is 19.4 Å². The number of rotatable bonds is 6. The van der Waals surface area contributed by atoms with Crippen molar-refractivity contribution in [2.45, 2.75) is 59.0 Å². The first-order valence-corrected chi connectivity index (χ1v) is 7.71. The van der Waals surface area contributed by atoms with Gasteiger partial charge in [0.2, 0.25) is 5.91 Å². The van der Waals surface area contributed by atoms with Crippen LogP contribution >= 0.6 is 0 Å². The molecule has 0 aromatic rings. The Hall–Kier alpha value is -0.610. The monoisotopic (exact) mass is 269 g/mol. The molecular formula is C15H31N3O. The molecule has 0 spiro atoms. The van der Waals surface area contributed by atoms with Gasteiger partial charge in [-0.15, -0.1) is 0 Å². The number of hydrogen-bond acceptors (Lipinski definition) is 3. The van der Waals surface area contributed by atoms with E-state index >= 15 is 0 Å². The lowest BCUT2D eigenvalue weighted by molar-refractivity contribution is -0.124. The molecule has 0 aliphatic carbocycles. The second kappa shape index (κ2) is 7.85. The summed E-state index contributed by atoms with van der Waals surface area (Å²) in [6.45, 7) is 10.8. The highest BCUT2D eigenvalue weighted by molar-refractivity contribution is 5.78. The smallest absolute Gasteiger partial charge is 0.234 e. The molecule has 1 amide bonds. The van der Waals surface area contributed by atoms with Gasteiger partial charge in [-0.2, -0.15) is 0 Å². The lowest BCUT2D eigenvalue weighted by Crippen LogP contribution is -2.54. The van der Waals surface area contributed by atoms with Gasteiger partial charge < -0.3 is 11.1 Å². The summed E-state index contributed by atoms with van der Waals surface area (Å²) in [6, 6.07) is 0.622. The molecule has 1 fully saturated rings. The second-order valence-corrected chi connectivity index (χ2v) is 6.31. The quantitative estimate of drug-likeness (QED) is 0.770. The van der Waals surface area contributed by atoms with Crippen LogP contribution in [-0.4, -0.2) is 42.5 Å². The highest BCUT2D eigenvalue weighted by Crippen LogP contribution is 2.26. The molecule has 4 atom stereocenters. The van der Waals surface area contributed by atoms with E-state index in [4.69, 9.17) is 5.73 Å². The molecule has 112 valence electrons. The van der Waals surface area contributed by atoms with Crippen LogP contribution in [-0.2, 0) is 4.79 Å². The van der Waals surface area contributed by atoms with Gasteiger partial charge in [-0.1, -0.05) is 27.2 Å². The number of piperidine rings is 1. The first kappa shape index (κ1) is 16.4. The Labute approximate surface area is 118 Å². The molecular weight excluding hydrogens is 238 g/mol. The van der Waals surface area contributed by atoms with Gasteiger partial charge in [0.1, 0.15) is 0 Å². The highest BCUT2D eigenvalue weighted by Gasteiger charge is 2.31. The van der Waals surface area contributed by atoms with Crippen LogP contribution in [0.3, 0.4) is 0 Å². The Bertz CT molecular complexity index is 283. The maximum absolute atomic E-state index is 12.1. The Balaban J connectivity index is 2.50. The summed E-state index contributed by atoms with van der Waals surface area (Å²) in [5.41, 5.74) is 5.88. The van der Waals surface area contributed by atoms with E-state index in [1.807, 2.05) is 0 Å². The highest BCUT2D eigenvalue weighted by atomic mass is 16.2. The molecule has 19 heavy (non-hydrogen) atoms. The Morgan fingerprint density at radius 2 is 2.16 bits per heavy atom. The largest absolute Gasteiger partial charge is 0.353 e. The van der Waals surface area contributed by atoms with Gasteiger partial charge in [0.25, 0.3) is 0 Å². The minimum absolute atomic E-state index is 0.140. The zero-order valence-corrected chi connectivity index (χ0v) is 13.0. The molecule has 0 aromatic carbocycles. The van der Waals surface area contributed by atoms with Crippen LogP contribution in [0.25, 0.3) is 0 Å². The van der Waals surface area contributed by atoms with Crippen molar-refractivity contribution in [1.82, 2.24) is 10.2 Å². The van der Waals surface area contributed by atoms with E-state index < -0.39 is 0 Å². The molecule has 1 saturated heterocycles. The maximum Gasteiger partial charge on any atom is 0.234 e. The third-order valence-corrected chi connectivity index (χ3v) is 4.16. The van der Waals surface area contributed by atoms with Crippen LogP contribution in [0, 0.1) is 11.8 Å². The second-order valence-electron chi connectivity index (χ2n) is 6.31. The predicted molar refractivity (Wildman–Crippen MR) is 79.9 cm³/mol. The van der Waals surface area contributed by atoms with Crippen molar-refractivity contribution in [3.63, 3.8) is 0 Å². The SMILES string of the molecule is CCCC(C)NC(=O)CN1CC(C)CC(C)C1CN. The summed E-state index contributed by atoms with van der Waals surface area (Å²) < 4.78 is 0. The molecule has 1 rings (SSSR count). The molecule has 0 saturated carbocycles. The number of nitrogens with two attached hydrogens (primary N) is 1. The van der Waals surface area contributed by atoms with Crippen molar-refractivity contribution in [1.29, 1.82) is 0 Å². The summed E-state index contributed by atoms with van der Waals surface area (Å²) in [4.78, 5) is 14.3. The lowest BCUT2D eigenvalue weighted by atomic mass is 9.85. The van der Waals surface area contributed by atoms with E-state index in [9.17, 15) is 4.79 Å². The summed E-state index contributed by atoms with van der Waals surface area (Å²) in [6.07, 6.45) is 3.36. The summed E-state index contributed by atoms with van der Waals surface area (Å²) in [5.74, 6) is 1.37. The van der Waals surface area contributed by atoms with E-state index in [1.54, 1.807) is 0 Å². The molecule has 0 aromatic heterocycles. The van der Waals surface area contributed by atoms with E-state index in [1.165, 1.54) is 6.42 Å². The Morgan fingerprint density at radius 3 is 2.74 bits per heavy atom. The number of carbonyl (C=O) groups is 1. The third-order valence-electron chi connectivity index (χ3n) is 4.16. The zero-order valence-electron chi connectivity index (χ0n) is 13.0. The first-order chi connectivity index (χ1) is 8.97. The van der Waals surface area contributed by atoms with Gasteiger partial charge in [-0.05, 0) is 31.6 Å². The van der Waals surface area contributed by atoms with Gasteiger partial charge >= 0.3 is 0 Å². The number of nitrogens with one attached hydrogen (secondary N) is 1. The van der Waals surface area contributed by atoms with Crippen molar-refractivity contribution in [2.75, 3.05) is 19.6 Å². The molecule has 4 unspecified atom stereocenters. The summed E-state index contributed by atoms with van der Waals surface area (Å²) in [7, 11) is 0. The van der Waals surface area contributed by atoms with Gasteiger partial charge in [-0.3, -0.25) is 9.69 Å². The van der Waals surface area contributed by atoms with Crippen molar-refractivity contribution in [3.05, 3.63) is 0 Å². The molecule has 1 aliphatic heterocycles. The molecule has 0 bridgehead atoms. The summed E-state index contributed by atoms with van der Waals surface area (Å²) >= 11 is 0. The first-order valence-electron chi connectivity index (χ1n) is 7.71. The number of likely N-dealkylation sites (tertiary alicyclic amines) is 1. The van der Waals surface area contributed by atoms with Crippen LogP contribution in [0.15, 0.2) is 0 Å². The van der Waals surface area contributed by atoms with E-state index in [-0.39, 0.29) is 11.9 Å². The average molecular weight is 269 g/mol. The minimum Gasteiger partial charge on any atom is -0.353 e. The molecule has 3 N–H and O–H groups in total. The van der Waals surface area contributed by atoms with Crippen molar-refractivity contribution in [2.24, 2.45) is 17.6 Å². The molecule has 4 nitrogen and oxygen atoms in total. The number of amides is 1. The van der Waals surface area contributed by atoms with Gasteiger partial charge in [0.05, 0.1) is 6.54 Å². The normalized spacial score (nSPS) is 30.1. The van der Waals surface area contributed by atoms with Crippen LogP contribution in [0.4, 0.5) is 0 Å². The lowest BCUT2D eigenvalue weighted by Gasteiger charge is -2.42. The number of carbonyl (C=O) groups excluding carboxylic acids is 1. The van der Waals surface area contributed by atoms with Gasteiger partial charge in [0, 0.05) is 25.2 Å². The van der Waals surface area contributed by atoms with Gasteiger partial charge in [0.15, 0.2) is 0 Å². The average Bonchev–Trinajstić information content (AvgIpc) is 2.28. The Kier molecular flexibility index (Phi) is 6.80. The zero-order chi connectivity index (χ0) is 14.4. The molecule has 1 aliphatic rings. The Morgan fingerprint density at radius 1 is 1.47 bits per heavy atom.